The second kappa shape index (κ2) is 5.76. The topological polar surface area (TPSA) is 92.0 Å². The number of hydrogen-bond donors (Lipinski definition) is 2. The van der Waals surface area contributed by atoms with E-state index in [1.165, 1.54) is 23.9 Å². The Labute approximate surface area is 118 Å². The average molecular weight is 275 g/mol. The molecule has 0 radical (unpaired) electrons. The molecule has 20 heavy (non-hydrogen) atoms. The van der Waals surface area contributed by atoms with Crippen LogP contribution in [0.3, 0.4) is 0 Å². The molecule has 2 heterocycles. The third kappa shape index (κ3) is 2.36. The average Bonchev–Trinajstić information content (AvgIpc) is 2.89. The first kappa shape index (κ1) is 13.3. The first-order chi connectivity index (χ1) is 9.81. The maximum Gasteiger partial charge on any atom is 0.151 e. The fourth-order valence-electron chi connectivity index (χ4n) is 2.99. The molecule has 1 aliphatic rings. The molecule has 0 fully saturated rings. The number of aromatic nitrogens is 3. The summed E-state index contributed by atoms with van der Waals surface area (Å²) in [7, 11) is 0. The number of nitrogen functional groups attached to an aromatic ring is 1. The predicted octanol–water partition coefficient (Wildman–Crippen LogP) is 1.56. The van der Waals surface area contributed by atoms with Crippen LogP contribution in [-0.4, -0.2) is 21.1 Å². The summed E-state index contributed by atoms with van der Waals surface area (Å²) in [5.41, 5.74) is 10.6. The van der Waals surface area contributed by atoms with Crippen molar-refractivity contribution in [2.75, 3.05) is 12.3 Å². The van der Waals surface area contributed by atoms with Crippen LogP contribution in [0.25, 0.3) is 11.0 Å². The molecule has 0 spiro atoms. The van der Waals surface area contributed by atoms with Crippen LogP contribution in [0.5, 0.6) is 0 Å². The van der Waals surface area contributed by atoms with Gasteiger partial charge in [0.25, 0.3) is 0 Å². The van der Waals surface area contributed by atoms with Crippen LogP contribution in [0.4, 0.5) is 5.82 Å². The zero-order valence-corrected chi connectivity index (χ0v) is 11.6. The number of nitrogens with two attached hydrogens (primary N) is 2. The van der Waals surface area contributed by atoms with Crippen molar-refractivity contribution in [2.45, 2.75) is 45.1 Å². The highest BCUT2D eigenvalue weighted by Gasteiger charge is 2.19. The van der Waals surface area contributed by atoms with E-state index in [1.807, 2.05) is 6.33 Å². The van der Waals surface area contributed by atoms with Gasteiger partial charge in [-0.05, 0) is 44.1 Å². The largest absolute Gasteiger partial charge is 0.382 e. The molecule has 0 amide bonds. The molecule has 0 aliphatic heterocycles. The summed E-state index contributed by atoms with van der Waals surface area (Å²) in [6, 6.07) is 0. The van der Waals surface area contributed by atoms with Gasteiger partial charge in [0.2, 0.25) is 0 Å². The van der Waals surface area contributed by atoms with E-state index in [0.717, 1.165) is 43.4 Å². The summed E-state index contributed by atoms with van der Waals surface area (Å²) in [4.78, 5) is 13.6. The standard InChI is InChI=1S/C14H21N5O/c15-14-12-13(10-5-1-2-6-11(10)18-14)19(9-17-12)7-3-4-8-20-16/h9H,1-8,16H2,(H2,15,18). The summed E-state index contributed by atoms with van der Waals surface area (Å²) in [5, 5.41) is 0. The summed E-state index contributed by atoms with van der Waals surface area (Å²) in [6.07, 6.45) is 8.37. The lowest BCUT2D eigenvalue weighted by atomic mass is 9.95. The number of nitrogens with zero attached hydrogens (tertiary/aromatic N) is 3. The lowest BCUT2D eigenvalue weighted by Gasteiger charge is -2.17. The van der Waals surface area contributed by atoms with E-state index in [4.69, 9.17) is 11.6 Å². The van der Waals surface area contributed by atoms with Gasteiger partial charge in [0.05, 0.1) is 18.5 Å². The lowest BCUT2D eigenvalue weighted by molar-refractivity contribution is 0.133. The fourth-order valence-corrected chi connectivity index (χ4v) is 2.99. The van der Waals surface area contributed by atoms with Gasteiger partial charge in [-0.2, -0.15) is 0 Å². The summed E-state index contributed by atoms with van der Waals surface area (Å²) >= 11 is 0. The van der Waals surface area contributed by atoms with Gasteiger partial charge in [-0.25, -0.2) is 15.9 Å². The van der Waals surface area contributed by atoms with Gasteiger partial charge in [-0.1, -0.05) is 0 Å². The number of aryl methyl sites for hydroxylation is 3. The molecular formula is C14H21N5O. The van der Waals surface area contributed by atoms with Gasteiger partial charge >= 0.3 is 0 Å². The van der Waals surface area contributed by atoms with Crippen LogP contribution in [0.1, 0.15) is 36.9 Å². The molecule has 4 N–H and O–H groups in total. The molecule has 0 aromatic carbocycles. The van der Waals surface area contributed by atoms with Crippen LogP contribution in [-0.2, 0) is 24.2 Å². The zero-order chi connectivity index (χ0) is 13.9. The number of pyridine rings is 1. The van der Waals surface area contributed by atoms with Crippen LogP contribution < -0.4 is 11.6 Å². The van der Waals surface area contributed by atoms with Gasteiger partial charge in [-0.15, -0.1) is 0 Å². The highest BCUT2D eigenvalue weighted by atomic mass is 16.6. The van der Waals surface area contributed by atoms with Crippen LogP contribution in [0.2, 0.25) is 0 Å². The Balaban J connectivity index is 1.94. The first-order valence-corrected chi connectivity index (χ1v) is 7.25. The minimum atomic E-state index is 0.560. The maximum absolute atomic E-state index is 6.05. The first-order valence-electron chi connectivity index (χ1n) is 7.25. The van der Waals surface area contributed by atoms with Gasteiger partial charge < -0.3 is 15.1 Å². The molecule has 2 aromatic rings. The third-order valence-corrected chi connectivity index (χ3v) is 3.97. The molecule has 0 saturated carbocycles. The lowest BCUT2D eigenvalue weighted by Crippen LogP contribution is -2.11. The summed E-state index contributed by atoms with van der Waals surface area (Å²) in [5.74, 6) is 5.61. The smallest absolute Gasteiger partial charge is 0.151 e. The van der Waals surface area contributed by atoms with Gasteiger partial charge in [0.15, 0.2) is 5.82 Å². The second-order valence-electron chi connectivity index (χ2n) is 5.34. The molecule has 108 valence electrons. The van der Waals surface area contributed by atoms with E-state index in [2.05, 4.69) is 19.4 Å². The number of anilines is 1. The Hall–Kier alpha value is -1.66. The van der Waals surface area contributed by atoms with Crippen molar-refractivity contribution < 1.29 is 4.84 Å². The summed E-state index contributed by atoms with van der Waals surface area (Å²) < 4.78 is 2.20. The maximum atomic E-state index is 6.05. The Bertz CT molecular complexity index is 607. The van der Waals surface area contributed by atoms with E-state index in [0.29, 0.717) is 12.4 Å². The zero-order valence-electron chi connectivity index (χ0n) is 11.6. The minimum absolute atomic E-state index is 0.560. The molecule has 0 unspecified atom stereocenters. The SMILES string of the molecule is NOCCCCn1cnc2c(N)nc3c(c21)CCCC3. The highest BCUT2D eigenvalue weighted by Crippen LogP contribution is 2.30. The normalized spacial score (nSPS) is 14.7. The van der Waals surface area contributed by atoms with Crippen molar-refractivity contribution in [1.29, 1.82) is 0 Å². The number of fused-ring (bicyclic) bond motifs is 3. The Morgan fingerprint density at radius 2 is 2.10 bits per heavy atom. The number of imidazole rings is 1. The Morgan fingerprint density at radius 3 is 2.95 bits per heavy atom. The number of rotatable bonds is 5. The van der Waals surface area contributed by atoms with Gasteiger partial charge in [0, 0.05) is 12.2 Å². The Morgan fingerprint density at radius 1 is 1.25 bits per heavy atom. The van der Waals surface area contributed by atoms with Crippen molar-refractivity contribution >= 4 is 16.9 Å². The predicted molar refractivity (Wildman–Crippen MR) is 78.0 cm³/mol. The quantitative estimate of drug-likeness (QED) is 0.638. The van der Waals surface area contributed by atoms with E-state index in [1.54, 1.807) is 0 Å². The van der Waals surface area contributed by atoms with E-state index < -0.39 is 0 Å². The molecule has 3 rings (SSSR count). The van der Waals surface area contributed by atoms with Gasteiger partial charge in [0.1, 0.15) is 5.52 Å². The Kier molecular flexibility index (Phi) is 3.84. The molecule has 6 heteroatoms. The molecular weight excluding hydrogens is 254 g/mol. The van der Waals surface area contributed by atoms with Gasteiger partial charge in [-0.3, -0.25) is 0 Å². The van der Waals surface area contributed by atoms with E-state index >= 15 is 0 Å². The van der Waals surface area contributed by atoms with E-state index in [-0.39, 0.29) is 0 Å². The van der Waals surface area contributed by atoms with Crippen LogP contribution >= 0.6 is 0 Å². The molecule has 6 nitrogen and oxygen atoms in total. The number of hydrogen-bond acceptors (Lipinski definition) is 5. The molecule has 0 bridgehead atoms. The van der Waals surface area contributed by atoms with E-state index in [9.17, 15) is 0 Å². The molecule has 1 aliphatic carbocycles. The minimum Gasteiger partial charge on any atom is -0.382 e. The molecule has 0 atom stereocenters. The summed E-state index contributed by atoms with van der Waals surface area (Å²) in [6.45, 7) is 1.50. The molecule has 0 saturated heterocycles. The highest BCUT2D eigenvalue weighted by molar-refractivity contribution is 5.88. The van der Waals surface area contributed by atoms with Crippen molar-refractivity contribution in [3.05, 3.63) is 17.6 Å². The fraction of sp³-hybridized carbons (Fsp3) is 0.571. The second-order valence-corrected chi connectivity index (χ2v) is 5.34. The van der Waals surface area contributed by atoms with Crippen molar-refractivity contribution in [2.24, 2.45) is 5.90 Å². The third-order valence-electron chi connectivity index (χ3n) is 3.97. The van der Waals surface area contributed by atoms with Crippen LogP contribution in [0.15, 0.2) is 6.33 Å². The monoisotopic (exact) mass is 275 g/mol. The van der Waals surface area contributed by atoms with Crippen LogP contribution in [0, 0.1) is 0 Å². The van der Waals surface area contributed by atoms with Crippen molar-refractivity contribution in [3.63, 3.8) is 0 Å². The van der Waals surface area contributed by atoms with Crippen molar-refractivity contribution in [3.8, 4) is 0 Å². The van der Waals surface area contributed by atoms with Crippen molar-refractivity contribution in [1.82, 2.24) is 14.5 Å². The number of unbranched alkanes of at least 4 members (excludes halogenated alkanes) is 1. The molecule has 2 aromatic heterocycles.